The minimum Gasteiger partial charge on any atom is -1.00 e. The van der Waals surface area contributed by atoms with Crippen molar-refractivity contribution in [1.29, 1.82) is 0 Å². The number of methoxy groups -OCH3 is 2. The normalized spacial score (nSPS) is 10.3. The van der Waals surface area contributed by atoms with Gasteiger partial charge in [-0.15, -0.1) is 0 Å². The van der Waals surface area contributed by atoms with Crippen LogP contribution in [-0.2, 0) is 9.59 Å². The zero-order valence-corrected chi connectivity index (χ0v) is 21.0. The van der Waals surface area contributed by atoms with E-state index < -0.39 is 0 Å². The predicted molar refractivity (Wildman–Crippen MR) is 104 cm³/mol. The molecule has 0 unspecified atom stereocenters. The first-order valence-electron chi connectivity index (χ1n) is 8.08. The maximum Gasteiger partial charge on any atom is 1.00 e. The quantitative estimate of drug-likeness (QED) is 0.283. The molecule has 0 amide bonds. The van der Waals surface area contributed by atoms with Crippen LogP contribution < -0.4 is 68.6 Å². The summed E-state index contributed by atoms with van der Waals surface area (Å²) in [4.78, 5) is 23.9. The molecule has 0 fully saturated rings. The van der Waals surface area contributed by atoms with Gasteiger partial charge in [0.25, 0.3) is 0 Å². The van der Waals surface area contributed by atoms with Gasteiger partial charge < -0.3 is 22.5 Å². The van der Waals surface area contributed by atoms with E-state index in [0.29, 0.717) is 22.6 Å². The second-order valence-corrected chi connectivity index (χ2v) is 5.64. The zero-order chi connectivity index (χ0) is 19.8. The van der Waals surface area contributed by atoms with Gasteiger partial charge in [-0.2, -0.15) is 0 Å². The van der Waals surface area contributed by atoms with Crippen molar-refractivity contribution in [2.45, 2.75) is 6.42 Å². The molecule has 0 atom stereocenters. The fourth-order valence-corrected chi connectivity index (χ4v) is 2.26. The van der Waals surface area contributed by atoms with Gasteiger partial charge in [-0.25, -0.2) is 0 Å². The molecular formula is C21H22Na2O6. The summed E-state index contributed by atoms with van der Waals surface area (Å²) in [6.45, 7) is 0. The average molecular weight is 416 g/mol. The van der Waals surface area contributed by atoms with Crippen LogP contribution in [0.25, 0.3) is 12.2 Å². The van der Waals surface area contributed by atoms with E-state index in [1.165, 1.54) is 38.5 Å². The van der Waals surface area contributed by atoms with Gasteiger partial charge in [-0.1, -0.05) is 24.3 Å². The molecule has 0 bridgehead atoms. The Morgan fingerprint density at radius 2 is 1.21 bits per heavy atom. The Labute approximate surface area is 216 Å². The number of benzene rings is 2. The summed E-state index contributed by atoms with van der Waals surface area (Å²) in [7, 11) is 2.87. The third kappa shape index (κ3) is 8.78. The Morgan fingerprint density at radius 1 is 0.828 bits per heavy atom. The van der Waals surface area contributed by atoms with Crippen molar-refractivity contribution in [2.24, 2.45) is 0 Å². The molecule has 2 aromatic rings. The summed E-state index contributed by atoms with van der Waals surface area (Å²) in [6.07, 6.45) is 5.44. The molecule has 0 spiro atoms. The van der Waals surface area contributed by atoms with Crippen LogP contribution >= 0.6 is 0 Å². The van der Waals surface area contributed by atoms with Crippen molar-refractivity contribution in [3.8, 4) is 23.0 Å². The van der Waals surface area contributed by atoms with E-state index in [2.05, 4.69) is 0 Å². The van der Waals surface area contributed by atoms with E-state index in [-0.39, 0.29) is 91.5 Å². The molecule has 0 aliphatic rings. The number of allylic oxidation sites excluding steroid dienone is 2. The first kappa shape index (κ1) is 27.5. The number of ketones is 2. The van der Waals surface area contributed by atoms with E-state index in [9.17, 15) is 19.8 Å². The molecule has 0 heterocycles. The summed E-state index contributed by atoms with van der Waals surface area (Å²) in [5.74, 6) is -0.0832. The molecule has 144 valence electrons. The second-order valence-electron chi connectivity index (χ2n) is 5.64. The average Bonchev–Trinajstić information content (AvgIpc) is 2.66. The maximum absolute atomic E-state index is 11.9. The molecule has 2 aromatic carbocycles. The van der Waals surface area contributed by atoms with Crippen LogP contribution in [0.4, 0.5) is 0 Å². The molecule has 0 saturated carbocycles. The van der Waals surface area contributed by atoms with E-state index in [1.807, 2.05) is 0 Å². The van der Waals surface area contributed by atoms with E-state index >= 15 is 0 Å². The molecular weight excluding hydrogens is 394 g/mol. The Kier molecular flexibility index (Phi) is 12.9. The molecule has 29 heavy (non-hydrogen) atoms. The van der Waals surface area contributed by atoms with Crippen molar-refractivity contribution in [3.63, 3.8) is 0 Å². The molecule has 0 aromatic heterocycles. The summed E-state index contributed by atoms with van der Waals surface area (Å²) in [5.41, 5.74) is 1.33. The molecule has 0 aliphatic heterocycles. The van der Waals surface area contributed by atoms with E-state index in [0.717, 1.165) is 0 Å². The Balaban J connectivity index is -0.00000196. The van der Waals surface area contributed by atoms with Gasteiger partial charge in [0.05, 0.1) is 20.6 Å². The standard InChI is InChI=1S/C21H20O6.2Na.2H/c1-26-20-11-14(5-9-18(20)24)3-7-16(22)13-17(23)8-4-15-6-10-19(25)21(12-15)27-2;;;;/h3-12,24-25H,13H2,1-2H3;;;;/q;2*+1;2*-1/b7-3+,8-4+;;;;. The minimum atomic E-state index is -0.347. The van der Waals surface area contributed by atoms with E-state index in [1.54, 1.807) is 36.4 Å². The summed E-state index contributed by atoms with van der Waals surface area (Å²) in [5, 5.41) is 19.1. The maximum atomic E-state index is 11.9. The third-order valence-electron chi connectivity index (χ3n) is 3.68. The number of aromatic hydroxyl groups is 2. The van der Waals surface area contributed by atoms with Gasteiger partial charge in [0.1, 0.15) is 0 Å². The summed E-state index contributed by atoms with van der Waals surface area (Å²) in [6, 6.07) is 9.34. The monoisotopic (exact) mass is 416 g/mol. The van der Waals surface area contributed by atoms with Crippen LogP contribution in [0.15, 0.2) is 48.6 Å². The fraction of sp³-hybridized carbons (Fsp3) is 0.143. The Morgan fingerprint density at radius 3 is 1.55 bits per heavy atom. The van der Waals surface area contributed by atoms with Gasteiger partial charge in [0.2, 0.25) is 0 Å². The molecule has 2 rings (SSSR count). The number of hydrogen-bond acceptors (Lipinski definition) is 6. The largest absolute Gasteiger partial charge is 1.00 e. The second kappa shape index (κ2) is 13.6. The number of carbonyl (C=O) groups excluding carboxylic acids is 2. The van der Waals surface area contributed by atoms with Crippen molar-refractivity contribution in [2.75, 3.05) is 14.2 Å². The van der Waals surface area contributed by atoms with Crippen LogP contribution in [-0.4, -0.2) is 36.0 Å². The molecule has 0 saturated heterocycles. The van der Waals surface area contributed by atoms with Crippen LogP contribution in [0.1, 0.15) is 20.4 Å². The molecule has 8 heteroatoms. The number of phenols is 2. The minimum absolute atomic E-state index is 0. The molecule has 0 aliphatic carbocycles. The van der Waals surface area contributed by atoms with Crippen LogP contribution in [0.5, 0.6) is 23.0 Å². The van der Waals surface area contributed by atoms with Crippen LogP contribution in [0.3, 0.4) is 0 Å². The Hall–Kier alpha value is -1.54. The SMILES string of the molecule is COc1cc(/C=C/C(=O)CC(=O)/C=C/c2ccc(O)c(OC)c2)ccc1O.[H-].[H-].[Na+].[Na+]. The first-order valence-corrected chi connectivity index (χ1v) is 8.08. The van der Waals surface area contributed by atoms with Crippen molar-refractivity contribution < 1.29 is 91.2 Å². The number of phenolic OH excluding ortho intramolecular Hbond substituents is 2. The number of ether oxygens (including phenoxy) is 2. The topological polar surface area (TPSA) is 93.1 Å². The fourth-order valence-electron chi connectivity index (χ4n) is 2.26. The number of rotatable bonds is 8. The predicted octanol–water partition coefficient (Wildman–Crippen LogP) is -2.40. The van der Waals surface area contributed by atoms with Crippen LogP contribution in [0.2, 0.25) is 0 Å². The van der Waals surface area contributed by atoms with Gasteiger partial charge in [-0.3, -0.25) is 9.59 Å². The Bertz CT molecular complexity index is 843. The smallest absolute Gasteiger partial charge is 1.00 e. The number of carbonyl (C=O) groups is 2. The van der Waals surface area contributed by atoms with Crippen molar-refractivity contribution in [1.82, 2.24) is 0 Å². The van der Waals surface area contributed by atoms with Gasteiger partial charge in [-0.05, 0) is 47.5 Å². The summed E-state index contributed by atoms with van der Waals surface area (Å²) < 4.78 is 10.00. The van der Waals surface area contributed by atoms with E-state index in [4.69, 9.17) is 9.47 Å². The molecule has 2 N–H and O–H groups in total. The molecule has 6 nitrogen and oxygen atoms in total. The number of hydrogen-bond donors (Lipinski definition) is 2. The first-order chi connectivity index (χ1) is 12.9. The van der Waals surface area contributed by atoms with Gasteiger partial charge >= 0.3 is 59.1 Å². The van der Waals surface area contributed by atoms with Crippen LogP contribution in [0, 0.1) is 0 Å². The van der Waals surface area contributed by atoms with Crippen molar-refractivity contribution >= 4 is 23.7 Å². The van der Waals surface area contributed by atoms with Gasteiger partial charge in [0, 0.05) is 0 Å². The van der Waals surface area contributed by atoms with Crippen molar-refractivity contribution in [3.05, 3.63) is 59.7 Å². The molecule has 0 radical (unpaired) electrons. The third-order valence-corrected chi connectivity index (χ3v) is 3.68. The summed E-state index contributed by atoms with van der Waals surface area (Å²) >= 11 is 0. The van der Waals surface area contributed by atoms with Gasteiger partial charge in [0.15, 0.2) is 34.6 Å². The zero-order valence-electron chi connectivity index (χ0n) is 19.0.